The average molecular weight is 377 g/mol. The first-order valence-corrected chi connectivity index (χ1v) is 7.04. The fraction of sp³-hybridized carbons (Fsp3) is 0.250. The number of nitrogens with zero attached hydrogens (tertiary/aromatic N) is 2. The Morgan fingerprint density at radius 2 is 2.28 bits per heavy atom. The molecule has 0 fully saturated rings. The van der Waals surface area contributed by atoms with E-state index in [4.69, 9.17) is 17.4 Å². The first-order valence-electron chi connectivity index (χ1n) is 5.59. The summed E-state index contributed by atoms with van der Waals surface area (Å²) >= 11 is 8.34. The smallest absolute Gasteiger partial charge is 0.0741 e. The minimum Gasteiger partial charge on any atom is -0.273 e. The Kier molecular flexibility index (Phi) is 4.60. The Morgan fingerprint density at radius 1 is 1.50 bits per heavy atom. The standard InChI is InChI=1S/C12H14ClIN4/c1-2-18-7-9(6-16-18)12(17-15)8-3-4-11(14)10(13)5-8/h3-7,12,17H,2,15H2,1H3. The van der Waals surface area contributed by atoms with Crippen molar-refractivity contribution in [1.82, 2.24) is 15.2 Å². The number of halogens is 2. The molecule has 18 heavy (non-hydrogen) atoms. The molecular weight excluding hydrogens is 363 g/mol. The summed E-state index contributed by atoms with van der Waals surface area (Å²) in [6.45, 7) is 2.88. The lowest BCUT2D eigenvalue weighted by Gasteiger charge is -2.15. The fourth-order valence-corrected chi connectivity index (χ4v) is 2.30. The van der Waals surface area contributed by atoms with Gasteiger partial charge in [0.05, 0.1) is 17.3 Å². The van der Waals surface area contributed by atoms with Gasteiger partial charge in [-0.15, -0.1) is 0 Å². The molecule has 1 heterocycles. The number of rotatable bonds is 4. The fourth-order valence-electron chi connectivity index (χ4n) is 1.78. The van der Waals surface area contributed by atoms with Gasteiger partial charge in [-0.2, -0.15) is 5.10 Å². The molecule has 0 bridgehead atoms. The summed E-state index contributed by atoms with van der Waals surface area (Å²) in [5.74, 6) is 5.64. The molecule has 1 atom stereocenters. The van der Waals surface area contributed by atoms with Gasteiger partial charge in [0.15, 0.2) is 0 Å². The molecular formula is C12H14ClIN4. The predicted molar refractivity (Wildman–Crippen MR) is 81.2 cm³/mol. The van der Waals surface area contributed by atoms with Crippen LogP contribution in [-0.2, 0) is 6.54 Å². The summed E-state index contributed by atoms with van der Waals surface area (Å²) in [6.07, 6.45) is 3.80. The quantitative estimate of drug-likeness (QED) is 0.490. The van der Waals surface area contributed by atoms with Gasteiger partial charge in [0.2, 0.25) is 0 Å². The lowest BCUT2D eigenvalue weighted by atomic mass is 10.0. The molecule has 96 valence electrons. The van der Waals surface area contributed by atoms with Crippen molar-refractivity contribution in [3.05, 3.63) is 50.3 Å². The zero-order chi connectivity index (χ0) is 13.1. The lowest BCUT2D eigenvalue weighted by molar-refractivity contribution is 0.630. The first kappa shape index (κ1) is 13.8. The second kappa shape index (κ2) is 6.01. The second-order valence-corrected chi connectivity index (χ2v) is 5.47. The normalized spacial score (nSPS) is 12.7. The van der Waals surface area contributed by atoms with E-state index in [2.05, 4.69) is 33.1 Å². The van der Waals surface area contributed by atoms with E-state index in [-0.39, 0.29) is 6.04 Å². The lowest BCUT2D eigenvalue weighted by Crippen LogP contribution is -2.28. The Hall–Kier alpha value is -0.630. The van der Waals surface area contributed by atoms with Crippen LogP contribution >= 0.6 is 34.2 Å². The highest BCUT2D eigenvalue weighted by Gasteiger charge is 2.15. The highest BCUT2D eigenvalue weighted by molar-refractivity contribution is 14.1. The molecule has 0 radical (unpaired) electrons. The maximum atomic E-state index is 6.14. The molecule has 0 aliphatic carbocycles. The van der Waals surface area contributed by atoms with Gasteiger partial charge in [0, 0.05) is 21.9 Å². The summed E-state index contributed by atoms with van der Waals surface area (Å²) in [5.41, 5.74) is 4.86. The van der Waals surface area contributed by atoms with Crippen molar-refractivity contribution in [3.63, 3.8) is 0 Å². The molecule has 1 aromatic heterocycles. The van der Waals surface area contributed by atoms with Crippen LogP contribution in [0.3, 0.4) is 0 Å². The maximum absolute atomic E-state index is 6.14. The average Bonchev–Trinajstić information content (AvgIpc) is 2.83. The number of aryl methyl sites for hydroxylation is 1. The van der Waals surface area contributed by atoms with Gasteiger partial charge in [-0.1, -0.05) is 17.7 Å². The highest BCUT2D eigenvalue weighted by atomic mass is 127. The minimum absolute atomic E-state index is 0.0974. The van der Waals surface area contributed by atoms with Crippen LogP contribution in [-0.4, -0.2) is 9.78 Å². The van der Waals surface area contributed by atoms with Crippen LogP contribution in [0.1, 0.15) is 24.1 Å². The molecule has 0 spiro atoms. The summed E-state index contributed by atoms with van der Waals surface area (Å²) < 4.78 is 2.89. The van der Waals surface area contributed by atoms with Gasteiger partial charge in [-0.25, -0.2) is 5.43 Å². The zero-order valence-electron chi connectivity index (χ0n) is 9.90. The van der Waals surface area contributed by atoms with E-state index in [1.54, 1.807) is 0 Å². The molecule has 3 N–H and O–H groups in total. The van der Waals surface area contributed by atoms with E-state index in [9.17, 15) is 0 Å². The highest BCUT2D eigenvalue weighted by Crippen LogP contribution is 2.26. The molecule has 6 heteroatoms. The van der Waals surface area contributed by atoms with Gasteiger partial charge in [0.25, 0.3) is 0 Å². The van der Waals surface area contributed by atoms with Crippen LogP contribution in [0.15, 0.2) is 30.6 Å². The molecule has 4 nitrogen and oxygen atoms in total. The van der Waals surface area contributed by atoms with Crippen molar-refractivity contribution < 1.29 is 0 Å². The number of nitrogens with two attached hydrogens (primary N) is 1. The van der Waals surface area contributed by atoms with E-state index in [0.717, 1.165) is 26.3 Å². The third kappa shape index (κ3) is 2.85. The molecule has 1 unspecified atom stereocenters. The van der Waals surface area contributed by atoms with Crippen molar-refractivity contribution in [2.24, 2.45) is 5.84 Å². The topological polar surface area (TPSA) is 55.9 Å². The van der Waals surface area contributed by atoms with E-state index in [1.807, 2.05) is 42.2 Å². The Morgan fingerprint density at radius 3 is 2.83 bits per heavy atom. The van der Waals surface area contributed by atoms with Crippen LogP contribution in [0.25, 0.3) is 0 Å². The van der Waals surface area contributed by atoms with Gasteiger partial charge >= 0.3 is 0 Å². The number of hydrogen-bond acceptors (Lipinski definition) is 3. The SMILES string of the molecule is CCn1cc(C(NN)c2ccc(I)c(Cl)c2)cn1. The number of hydrogen-bond donors (Lipinski definition) is 2. The third-order valence-corrected chi connectivity index (χ3v) is 4.33. The van der Waals surface area contributed by atoms with Gasteiger partial charge in [-0.3, -0.25) is 10.5 Å². The Balaban J connectivity index is 2.35. The maximum Gasteiger partial charge on any atom is 0.0741 e. The number of aromatic nitrogens is 2. The zero-order valence-corrected chi connectivity index (χ0v) is 12.8. The summed E-state index contributed by atoms with van der Waals surface area (Å²) in [6, 6.07) is 5.82. The van der Waals surface area contributed by atoms with Crippen LogP contribution in [0.5, 0.6) is 0 Å². The molecule has 1 aromatic carbocycles. The van der Waals surface area contributed by atoms with Crippen LogP contribution in [0.4, 0.5) is 0 Å². The first-order chi connectivity index (χ1) is 8.65. The summed E-state index contributed by atoms with van der Waals surface area (Å²) in [4.78, 5) is 0. The minimum atomic E-state index is -0.0974. The third-order valence-electron chi connectivity index (χ3n) is 2.75. The van der Waals surface area contributed by atoms with Crippen molar-refractivity contribution in [2.75, 3.05) is 0 Å². The van der Waals surface area contributed by atoms with E-state index >= 15 is 0 Å². The summed E-state index contributed by atoms with van der Waals surface area (Å²) in [5, 5.41) is 4.99. The van der Waals surface area contributed by atoms with Crippen molar-refractivity contribution in [2.45, 2.75) is 19.5 Å². The molecule has 0 amide bonds. The van der Waals surface area contributed by atoms with E-state index in [1.165, 1.54) is 0 Å². The van der Waals surface area contributed by atoms with Crippen LogP contribution in [0, 0.1) is 3.57 Å². The van der Waals surface area contributed by atoms with Crippen LogP contribution < -0.4 is 11.3 Å². The summed E-state index contributed by atoms with van der Waals surface area (Å²) in [7, 11) is 0. The van der Waals surface area contributed by atoms with Gasteiger partial charge in [0.1, 0.15) is 0 Å². The van der Waals surface area contributed by atoms with E-state index < -0.39 is 0 Å². The van der Waals surface area contributed by atoms with Gasteiger partial charge < -0.3 is 0 Å². The van der Waals surface area contributed by atoms with E-state index in [0.29, 0.717) is 0 Å². The number of nitrogens with one attached hydrogen (secondary N) is 1. The number of hydrazine groups is 1. The molecule has 2 aromatic rings. The molecule has 0 aliphatic heterocycles. The molecule has 0 aliphatic rings. The Bertz CT molecular complexity index is 541. The molecule has 0 saturated heterocycles. The van der Waals surface area contributed by atoms with Crippen molar-refractivity contribution >= 4 is 34.2 Å². The van der Waals surface area contributed by atoms with Crippen molar-refractivity contribution in [3.8, 4) is 0 Å². The number of benzene rings is 1. The largest absolute Gasteiger partial charge is 0.273 e. The Labute approximate surface area is 125 Å². The molecule has 2 rings (SSSR count). The van der Waals surface area contributed by atoms with Crippen LogP contribution in [0.2, 0.25) is 5.02 Å². The molecule has 0 saturated carbocycles. The van der Waals surface area contributed by atoms with Crippen molar-refractivity contribution in [1.29, 1.82) is 0 Å². The second-order valence-electron chi connectivity index (χ2n) is 3.90. The predicted octanol–water partition coefficient (Wildman–Crippen LogP) is 2.71. The van der Waals surface area contributed by atoms with Gasteiger partial charge in [-0.05, 0) is 47.2 Å². The monoisotopic (exact) mass is 376 g/mol.